The van der Waals surface area contributed by atoms with Gasteiger partial charge in [-0.1, -0.05) is 36.9 Å². The number of aliphatic hydroxyl groups is 1. The zero-order valence-corrected chi connectivity index (χ0v) is 24.8. The summed E-state index contributed by atoms with van der Waals surface area (Å²) < 4.78 is 22.4. The van der Waals surface area contributed by atoms with Gasteiger partial charge in [-0.05, 0) is 104 Å². The van der Waals surface area contributed by atoms with E-state index >= 15 is 0 Å². The third kappa shape index (κ3) is 5.62. The average Bonchev–Trinajstić information content (AvgIpc) is 3.05. The molecule has 2 N–H and O–H groups in total. The largest absolute Gasteiger partial charge is 0.490 e. The van der Waals surface area contributed by atoms with Gasteiger partial charge in [-0.15, -0.1) is 0 Å². The van der Waals surface area contributed by atoms with Crippen molar-refractivity contribution in [2.45, 2.75) is 75.7 Å². The molecule has 8 heteroatoms. The normalized spacial score (nSPS) is 32.9. The van der Waals surface area contributed by atoms with Crippen LogP contribution in [0.15, 0.2) is 36.4 Å². The SMILES string of the molecule is C=S1(=O)CCCCCC[C@H](O)[C@@H]2CC[C@H]2CN2C[C@@]3(CCCc4cc(Cl)ccc43)COc3ccc(cc32)C(=O)N1. The molecule has 6 nitrogen and oxygen atoms in total. The molecular formula is C32H41ClN2O4S. The highest BCUT2D eigenvalue weighted by Gasteiger charge is 2.44. The van der Waals surface area contributed by atoms with Crippen molar-refractivity contribution in [2.24, 2.45) is 11.8 Å². The van der Waals surface area contributed by atoms with Gasteiger partial charge in [0.2, 0.25) is 0 Å². The van der Waals surface area contributed by atoms with Crippen LogP contribution in [-0.4, -0.2) is 52.6 Å². The quantitative estimate of drug-likeness (QED) is 0.398. The van der Waals surface area contributed by atoms with Gasteiger partial charge in [0.25, 0.3) is 5.91 Å². The minimum Gasteiger partial charge on any atom is -0.490 e. The molecule has 2 bridgehead atoms. The van der Waals surface area contributed by atoms with Crippen LogP contribution in [0, 0.1) is 11.8 Å². The Bertz CT molecular complexity index is 1380. The molecule has 2 aliphatic carbocycles. The maximum absolute atomic E-state index is 13.3. The molecule has 2 heterocycles. The van der Waals surface area contributed by atoms with Gasteiger partial charge >= 0.3 is 0 Å². The second kappa shape index (κ2) is 11.2. The van der Waals surface area contributed by atoms with Gasteiger partial charge in [-0.2, -0.15) is 0 Å². The van der Waals surface area contributed by atoms with Crippen LogP contribution in [0.25, 0.3) is 0 Å². The molecule has 0 aromatic heterocycles. The number of hydrogen-bond acceptors (Lipinski definition) is 5. The number of nitrogens with one attached hydrogen (secondary N) is 1. The van der Waals surface area contributed by atoms with Gasteiger partial charge in [-0.25, -0.2) is 4.21 Å². The highest BCUT2D eigenvalue weighted by Crippen LogP contribution is 2.47. The topological polar surface area (TPSA) is 78.9 Å². The summed E-state index contributed by atoms with van der Waals surface area (Å²) in [6.07, 6.45) is 9.35. The fraction of sp³-hybridized carbons (Fsp3) is 0.562. The zero-order chi connectivity index (χ0) is 27.9. The molecule has 2 aromatic carbocycles. The number of aliphatic hydroxyl groups excluding tert-OH is 1. The number of hydrogen-bond donors (Lipinski definition) is 2. The van der Waals surface area contributed by atoms with Crippen LogP contribution < -0.4 is 14.4 Å². The maximum atomic E-state index is 13.3. The maximum Gasteiger partial charge on any atom is 0.262 e. The van der Waals surface area contributed by atoms with Gasteiger partial charge in [0, 0.05) is 44.6 Å². The molecule has 1 amide bonds. The lowest BCUT2D eigenvalue weighted by atomic mass is 9.68. The van der Waals surface area contributed by atoms with Crippen molar-refractivity contribution in [1.29, 1.82) is 0 Å². The van der Waals surface area contributed by atoms with E-state index in [1.807, 2.05) is 18.2 Å². The number of anilines is 1. The van der Waals surface area contributed by atoms with Crippen LogP contribution in [0.2, 0.25) is 5.02 Å². The number of halogens is 1. The fourth-order valence-electron chi connectivity index (χ4n) is 7.40. The molecule has 5 atom stereocenters. The molecule has 4 aliphatic rings. The van der Waals surface area contributed by atoms with E-state index in [4.69, 9.17) is 16.3 Å². The number of aryl methyl sites for hydroxylation is 1. The Labute approximate surface area is 243 Å². The van der Waals surface area contributed by atoms with Crippen LogP contribution in [0.3, 0.4) is 0 Å². The molecule has 1 fully saturated rings. The van der Waals surface area contributed by atoms with Crippen molar-refractivity contribution in [3.05, 3.63) is 58.1 Å². The van der Waals surface area contributed by atoms with E-state index in [9.17, 15) is 14.1 Å². The summed E-state index contributed by atoms with van der Waals surface area (Å²) in [5, 5.41) is 11.9. The summed E-state index contributed by atoms with van der Waals surface area (Å²) in [4.78, 5) is 15.7. The number of fused-ring (bicyclic) bond motifs is 4. The molecule has 1 unspecified atom stereocenters. The Hall–Kier alpha value is -2.22. The Morgan fingerprint density at radius 3 is 2.75 bits per heavy atom. The van der Waals surface area contributed by atoms with Gasteiger partial charge in [0.05, 0.1) is 18.4 Å². The standard InChI is InChI=1S/C32H41ClN2O4S/c1-40(38)16-5-3-2-4-8-29(36)26-12-9-24(26)19-35-20-32(15-6-7-22-17-25(33)11-13-27(22)32)21-39-30-14-10-23(18-28(30)35)31(37)34-40/h10-11,13-14,17-18,24,26,29,36H,1-9,12,15-16,19-21H2,(H,34,37,38)/t24-,26+,29-,32-,40?/m0/s1. The number of ether oxygens (including phenoxy) is 1. The average molecular weight is 585 g/mol. The van der Waals surface area contributed by atoms with Crippen molar-refractivity contribution in [2.75, 3.05) is 30.3 Å². The minimum atomic E-state index is -2.74. The van der Waals surface area contributed by atoms with Crippen molar-refractivity contribution >= 4 is 38.8 Å². The predicted octanol–water partition coefficient (Wildman–Crippen LogP) is 5.53. The lowest BCUT2D eigenvalue weighted by Gasteiger charge is -2.45. The van der Waals surface area contributed by atoms with E-state index in [0.29, 0.717) is 29.8 Å². The van der Waals surface area contributed by atoms with Crippen LogP contribution in [0.5, 0.6) is 5.75 Å². The van der Waals surface area contributed by atoms with Gasteiger partial charge in [-0.3, -0.25) is 9.52 Å². The number of rotatable bonds is 0. The van der Waals surface area contributed by atoms with Gasteiger partial charge < -0.3 is 14.7 Å². The Morgan fingerprint density at radius 1 is 1.07 bits per heavy atom. The van der Waals surface area contributed by atoms with E-state index in [-0.39, 0.29) is 17.4 Å². The monoisotopic (exact) mass is 584 g/mol. The lowest BCUT2D eigenvalue weighted by molar-refractivity contribution is 0.00904. The number of carbonyl (C=O) groups excluding carboxylic acids is 1. The summed E-state index contributed by atoms with van der Waals surface area (Å²) in [6.45, 7) is 2.13. The summed E-state index contributed by atoms with van der Waals surface area (Å²) in [7, 11) is -2.74. The summed E-state index contributed by atoms with van der Waals surface area (Å²) >= 11 is 6.39. The third-order valence-corrected chi connectivity index (χ3v) is 11.5. The highest BCUT2D eigenvalue weighted by atomic mass is 35.5. The van der Waals surface area contributed by atoms with Crippen LogP contribution in [0.1, 0.15) is 79.3 Å². The second-order valence-corrected chi connectivity index (χ2v) is 15.2. The Morgan fingerprint density at radius 2 is 1.93 bits per heavy atom. The van der Waals surface area contributed by atoms with Crippen molar-refractivity contribution in [3.8, 4) is 5.75 Å². The van der Waals surface area contributed by atoms with Crippen LogP contribution >= 0.6 is 11.6 Å². The van der Waals surface area contributed by atoms with E-state index in [1.165, 1.54) is 11.1 Å². The first kappa shape index (κ1) is 27.9. The summed E-state index contributed by atoms with van der Waals surface area (Å²) in [5.41, 5.74) is 3.76. The molecule has 2 aromatic rings. The number of amides is 1. The summed E-state index contributed by atoms with van der Waals surface area (Å²) in [5.74, 6) is 5.29. The number of nitrogens with zero attached hydrogens (tertiary/aromatic N) is 1. The van der Waals surface area contributed by atoms with Crippen LogP contribution in [0.4, 0.5) is 5.69 Å². The lowest BCUT2D eigenvalue weighted by Crippen LogP contribution is -2.49. The first-order valence-electron chi connectivity index (χ1n) is 14.9. The van der Waals surface area contributed by atoms with Gasteiger partial charge in [0.1, 0.15) is 5.75 Å². The van der Waals surface area contributed by atoms with Gasteiger partial charge in [0.15, 0.2) is 0 Å². The molecular weight excluding hydrogens is 544 g/mol. The molecule has 0 saturated heterocycles. The Balaban J connectivity index is 1.39. The molecule has 1 spiro atoms. The molecule has 1 saturated carbocycles. The van der Waals surface area contributed by atoms with E-state index in [0.717, 1.165) is 93.8 Å². The molecule has 40 heavy (non-hydrogen) atoms. The second-order valence-electron chi connectivity index (χ2n) is 12.5. The van der Waals surface area contributed by atoms with E-state index < -0.39 is 9.71 Å². The number of benzene rings is 2. The third-order valence-electron chi connectivity index (χ3n) is 9.73. The smallest absolute Gasteiger partial charge is 0.262 e. The zero-order valence-electron chi connectivity index (χ0n) is 23.2. The van der Waals surface area contributed by atoms with Crippen molar-refractivity contribution < 1.29 is 18.8 Å². The first-order valence-corrected chi connectivity index (χ1v) is 17.2. The molecule has 2 aliphatic heterocycles. The van der Waals surface area contributed by atoms with Crippen LogP contribution in [-0.2, 0) is 21.5 Å². The summed E-state index contributed by atoms with van der Waals surface area (Å²) in [6, 6.07) is 11.8. The van der Waals surface area contributed by atoms with Crippen molar-refractivity contribution in [3.63, 3.8) is 0 Å². The predicted molar refractivity (Wildman–Crippen MR) is 163 cm³/mol. The van der Waals surface area contributed by atoms with E-state index in [1.54, 1.807) is 6.07 Å². The first-order chi connectivity index (χ1) is 19.2. The van der Waals surface area contributed by atoms with Crippen molar-refractivity contribution in [1.82, 2.24) is 4.72 Å². The Kier molecular flexibility index (Phi) is 7.83. The minimum absolute atomic E-state index is 0.197. The molecule has 0 radical (unpaired) electrons. The molecule has 6 rings (SSSR count). The highest BCUT2D eigenvalue weighted by molar-refractivity contribution is 7.99. The van der Waals surface area contributed by atoms with E-state index in [2.05, 4.69) is 27.6 Å². The molecule has 216 valence electrons. The fourth-order valence-corrected chi connectivity index (χ4v) is 8.82. The number of carbonyl (C=O) groups is 1.